The number of ether oxygens (including phenoxy) is 1. The Hall–Kier alpha value is -1.82. The maximum Gasteiger partial charge on any atom is 0.220 e. The number of hydrogen-bond donors (Lipinski definition) is 1. The molecule has 0 aromatic heterocycles. The van der Waals surface area contributed by atoms with Gasteiger partial charge < -0.3 is 10.1 Å². The Balaban J connectivity index is 1.75. The Labute approximate surface area is 137 Å². The van der Waals surface area contributed by atoms with Crippen LogP contribution in [-0.4, -0.2) is 32.7 Å². The van der Waals surface area contributed by atoms with Crippen molar-refractivity contribution in [3.8, 4) is 5.75 Å². The van der Waals surface area contributed by atoms with Crippen molar-refractivity contribution in [2.45, 2.75) is 39.2 Å². The van der Waals surface area contributed by atoms with E-state index in [9.17, 15) is 13.2 Å². The van der Waals surface area contributed by atoms with Crippen molar-refractivity contribution in [1.82, 2.24) is 5.32 Å². The van der Waals surface area contributed by atoms with E-state index in [2.05, 4.69) is 11.4 Å². The van der Waals surface area contributed by atoms with Gasteiger partial charge in [-0.3, -0.25) is 4.79 Å². The van der Waals surface area contributed by atoms with Crippen LogP contribution in [0.15, 0.2) is 29.7 Å². The minimum absolute atomic E-state index is 0.0309. The number of rotatable bonds is 7. The molecule has 5 nitrogen and oxygen atoms in total. The van der Waals surface area contributed by atoms with Gasteiger partial charge in [-0.15, -0.1) is 0 Å². The molecule has 1 aliphatic rings. The summed E-state index contributed by atoms with van der Waals surface area (Å²) in [5.41, 5.74) is 2.26. The van der Waals surface area contributed by atoms with Gasteiger partial charge in [0.1, 0.15) is 5.75 Å². The van der Waals surface area contributed by atoms with Gasteiger partial charge in [0.25, 0.3) is 0 Å². The van der Waals surface area contributed by atoms with Crippen LogP contribution >= 0.6 is 0 Å². The standard InChI is InChI=1S/C17H23NO4S/c1-3-22-16-8-7-14(11-13(16)2)5-4-6-17(19)18-15-9-10-23(20,21)12-15/h7-11,15H,3-6,12H2,1-2H3,(H,18,19). The quantitative estimate of drug-likeness (QED) is 0.827. The lowest BCUT2D eigenvalue weighted by molar-refractivity contribution is -0.121. The van der Waals surface area contributed by atoms with Gasteiger partial charge in [0.15, 0.2) is 9.84 Å². The summed E-state index contributed by atoms with van der Waals surface area (Å²) in [7, 11) is -3.13. The van der Waals surface area contributed by atoms with Gasteiger partial charge in [0, 0.05) is 11.8 Å². The highest BCUT2D eigenvalue weighted by Crippen LogP contribution is 2.20. The summed E-state index contributed by atoms with van der Waals surface area (Å²) in [6.45, 7) is 4.61. The molecule has 0 saturated heterocycles. The largest absolute Gasteiger partial charge is 0.494 e. The van der Waals surface area contributed by atoms with Crippen LogP contribution in [0.5, 0.6) is 5.75 Å². The summed E-state index contributed by atoms with van der Waals surface area (Å²) in [5.74, 6) is 0.749. The number of carbonyl (C=O) groups is 1. The van der Waals surface area contributed by atoms with Crippen LogP contribution in [0.25, 0.3) is 0 Å². The van der Waals surface area contributed by atoms with Gasteiger partial charge >= 0.3 is 0 Å². The highest BCUT2D eigenvalue weighted by molar-refractivity contribution is 7.94. The van der Waals surface area contributed by atoms with Crippen molar-refractivity contribution in [1.29, 1.82) is 0 Å². The van der Waals surface area contributed by atoms with E-state index in [1.165, 1.54) is 17.0 Å². The molecule has 0 bridgehead atoms. The van der Waals surface area contributed by atoms with Crippen LogP contribution in [0.1, 0.15) is 30.9 Å². The van der Waals surface area contributed by atoms with Crippen molar-refractivity contribution in [2.75, 3.05) is 12.4 Å². The van der Waals surface area contributed by atoms with Gasteiger partial charge in [-0.1, -0.05) is 12.1 Å². The average molecular weight is 337 g/mol. The van der Waals surface area contributed by atoms with Crippen molar-refractivity contribution >= 4 is 15.7 Å². The predicted molar refractivity (Wildman–Crippen MR) is 90.1 cm³/mol. The fraction of sp³-hybridized carbons (Fsp3) is 0.471. The topological polar surface area (TPSA) is 72.5 Å². The number of amides is 1. The Morgan fingerprint density at radius 1 is 1.39 bits per heavy atom. The third kappa shape index (κ3) is 5.39. The van der Waals surface area contributed by atoms with E-state index in [-0.39, 0.29) is 17.7 Å². The number of benzene rings is 1. The van der Waals surface area contributed by atoms with Gasteiger partial charge in [-0.05, 0) is 50.0 Å². The minimum Gasteiger partial charge on any atom is -0.494 e. The van der Waals surface area contributed by atoms with E-state index in [1.54, 1.807) is 0 Å². The SMILES string of the molecule is CCOc1ccc(CCCC(=O)NC2C=CS(=O)(=O)C2)cc1C. The van der Waals surface area contributed by atoms with Gasteiger partial charge in [0.05, 0.1) is 18.4 Å². The molecule has 0 saturated carbocycles. The first-order valence-corrected chi connectivity index (χ1v) is 9.54. The van der Waals surface area contributed by atoms with Crippen molar-refractivity contribution in [3.63, 3.8) is 0 Å². The van der Waals surface area contributed by atoms with Gasteiger partial charge in [-0.25, -0.2) is 8.42 Å². The summed E-state index contributed by atoms with van der Waals surface area (Å²) >= 11 is 0. The monoisotopic (exact) mass is 337 g/mol. The summed E-state index contributed by atoms with van der Waals surface area (Å²) in [6, 6.07) is 5.67. The molecule has 126 valence electrons. The second-order valence-electron chi connectivity index (χ2n) is 5.72. The molecule has 0 aliphatic carbocycles. The van der Waals surface area contributed by atoms with E-state index in [1.807, 2.05) is 26.0 Å². The lowest BCUT2D eigenvalue weighted by Gasteiger charge is -2.11. The summed E-state index contributed by atoms with van der Waals surface area (Å²) in [5, 5.41) is 3.90. The molecule has 1 unspecified atom stereocenters. The van der Waals surface area contributed by atoms with Gasteiger partial charge in [-0.2, -0.15) is 0 Å². The van der Waals surface area contributed by atoms with Crippen LogP contribution < -0.4 is 10.1 Å². The zero-order valence-electron chi connectivity index (χ0n) is 13.5. The zero-order chi connectivity index (χ0) is 16.9. The van der Waals surface area contributed by atoms with Crippen molar-refractivity contribution in [2.24, 2.45) is 0 Å². The first kappa shape index (κ1) is 17.5. The Morgan fingerprint density at radius 2 is 2.17 bits per heavy atom. The maximum absolute atomic E-state index is 11.8. The third-order valence-electron chi connectivity index (χ3n) is 3.68. The second-order valence-corrected chi connectivity index (χ2v) is 7.65. The fourth-order valence-corrected chi connectivity index (χ4v) is 3.82. The molecule has 0 spiro atoms. The van der Waals surface area contributed by atoms with Crippen LogP contribution in [0.4, 0.5) is 0 Å². The van der Waals surface area contributed by atoms with Crippen LogP contribution in [0.2, 0.25) is 0 Å². The molecule has 1 aromatic carbocycles. The zero-order valence-corrected chi connectivity index (χ0v) is 14.4. The fourth-order valence-electron chi connectivity index (χ4n) is 2.58. The Bertz CT molecular complexity index is 695. The number of nitrogens with one attached hydrogen (secondary N) is 1. The lowest BCUT2D eigenvalue weighted by atomic mass is 10.0. The van der Waals surface area contributed by atoms with E-state index in [0.717, 1.165) is 24.2 Å². The summed E-state index contributed by atoms with van der Waals surface area (Å²) in [4.78, 5) is 11.8. The summed E-state index contributed by atoms with van der Waals surface area (Å²) in [6.07, 6.45) is 3.45. The number of carbonyl (C=O) groups excluding carboxylic acids is 1. The van der Waals surface area contributed by atoms with Crippen molar-refractivity contribution in [3.05, 3.63) is 40.8 Å². The first-order chi connectivity index (χ1) is 10.9. The normalized spacial score (nSPS) is 18.8. The first-order valence-electron chi connectivity index (χ1n) is 7.82. The molecule has 1 amide bonds. The number of aryl methyl sites for hydroxylation is 2. The highest BCUT2D eigenvalue weighted by Gasteiger charge is 2.22. The number of hydrogen-bond acceptors (Lipinski definition) is 4. The summed E-state index contributed by atoms with van der Waals surface area (Å²) < 4.78 is 28.1. The molecule has 1 aliphatic heterocycles. The van der Waals surface area contributed by atoms with Crippen LogP contribution in [0.3, 0.4) is 0 Å². The molecule has 1 N–H and O–H groups in total. The molecule has 1 heterocycles. The average Bonchev–Trinajstić information content (AvgIpc) is 2.81. The molecule has 6 heteroatoms. The molecule has 0 fully saturated rings. The van der Waals surface area contributed by atoms with Crippen LogP contribution in [-0.2, 0) is 21.1 Å². The minimum atomic E-state index is -3.13. The van der Waals surface area contributed by atoms with E-state index in [0.29, 0.717) is 13.0 Å². The highest BCUT2D eigenvalue weighted by atomic mass is 32.2. The van der Waals surface area contributed by atoms with Crippen molar-refractivity contribution < 1.29 is 17.9 Å². The molecule has 23 heavy (non-hydrogen) atoms. The molecule has 2 rings (SSSR count). The number of sulfone groups is 1. The Morgan fingerprint density at radius 3 is 2.78 bits per heavy atom. The molecule has 1 atom stereocenters. The van der Waals surface area contributed by atoms with E-state index in [4.69, 9.17) is 4.74 Å². The molecule has 0 radical (unpaired) electrons. The second kappa shape index (κ2) is 7.64. The Kier molecular flexibility index (Phi) is 5.82. The molecular weight excluding hydrogens is 314 g/mol. The van der Waals surface area contributed by atoms with Gasteiger partial charge in [0.2, 0.25) is 5.91 Å². The van der Waals surface area contributed by atoms with Crippen LogP contribution in [0, 0.1) is 6.92 Å². The van der Waals surface area contributed by atoms with E-state index < -0.39 is 9.84 Å². The predicted octanol–water partition coefficient (Wildman–Crippen LogP) is 2.14. The molecule has 1 aromatic rings. The smallest absolute Gasteiger partial charge is 0.220 e. The lowest BCUT2D eigenvalue weighted by Crippen LogP contribution is -2.35. The maximum atomic E-state index is 11.8. The third-order valence-corrected chi connectivity index (χ3v) is 5.08. The molecular formula is C17H23NO4S. The van der Waals surface area contributed by atoms with E-state index >= 15 is 0 Å².